The van der Waals surface area contributed by atoms with Crippen LogP contribution in [0.4, 0.5) is 96.7 Å². The van der Waals surface area contributed by atoms with Gasteiger partial charge < -0.3 is 34.1 Å². The highest BCUT2D eigenvalue weighted by Crippen LogP contribution is 2.45. The number of nitro groups is 2. The molecule has 0 bridgehead atoms. The number of ether oxygens (including phenoxy) is 1. The normalized spacial score (nSPS) is 10.7. The molecule has 0 aromatic heterocycles. The van der Waals surface area contributed by atoms with Gasteiger partial charge in [-0.15, -0.1) is 0 Å². The molecule has 0 spiro atoms. The molecular formula is C112H90N8O5. The smallest absolute Gasteiger partial charge is 0.271 e. The maximum absolute atomic E-state index is 11.3. The number of anilines is 15. The zero-order valence-corrected chi connectivity index (χ0v) is 69.7. The third-order valence-corrected chi connectivity index (χ3v) is 22.1. The molecule has 0 N–H and O–H groups in total. The number of benzene rings is 18. The second-order valence-corrected chi connectivity index (χ2v) is 30.0. The summed E-state index contributed by atoms with van der Waals surface area (Å²) in [4.78, 5) is 34.6. The Bertz CT molecular complexity index is 6390. The summed E-state index contributed by atoms with van der Waals surface area (Å²) in [6, 6.07) is 161. The molecule has 0 saturated heterocycles. The van der Waals surface area contributed by atoms with Crippen LogP contribution < -0.4 is 34.1 Å². The molecule has 0 unspecified atom stereocenters. The third-order valence-electron chi connectivity index (χ3n) is 22.1. The lowest BCUT2D eigenvalue weighted by molar-refractivity contribution is -0.385. The molecule has 13 heteroatoms. The van der Waals surface area contributed by atoms with E-state index in [2.05, 4.69) is 397 Å². The van der Waals surface area contributed by atoms with E-state index < -0.39 is 0 Å². The van der Waals surface area contributed by atoms with E-state index in [-0.39, 0.29) is 21.2 Å². The van der Waals surface area contributed by atoms with Gasteiger partial charge in [0, 0.05) is 137 Å². The highest BCUT2D eigenvalue weighted by molar-refractivity contribution is 5.88. The Balaban J connectivity index is 0.000000138. The summed E-state index contributed by atoms with van der Waals surface area (Å²) in [6.07, 6.45) is 0. The molecule has 125 heavy (non-hydrogen) atoms. The van der Waals surface area contributed by atoms with E-state index in [1.54, 1.807) is 31.4 Å². The Labute approximate surface area is 730 Å². The van der Waals surface area contributed by atoms with Crippen LogP contribution in [0.3, 0.4) is 0 Å². The second-order valence-electron chi connectivity index (χ2n) is 30.0. The topological polar surface area (TPSA) is 115 Å². The van der Waals surface area contributed by atoms with Crippen molar-refractivity contribution in [1.29, 1.82) is 0 Å². The summed E-state index contributed by atoms with van der Waals surface area (Å²) >= 11 is 0. The van der Waals surface area contributed by atoms with Crippen molar-refractivity contribution in [2.24, 2.45) is 0 Å². The minimum atomic E-state index is -0.382. The monoisotopic (exact) mass is 1630 g/mol. The van der Waals surface area contributed by atoms with Crippen LogP contribution in [-0.4, -0.2) is 38.1 Å². The molecule has 0 aliphatic carbocycles. The van der Waals surface area contributed by atoms with Crippen molar-refractivity contribution in [3.05, 3.63) is 493 Å². The number of hydrogen-bond acceptors (Lipinski definition) is 11. The van der Waals surface area contributed by atoms with Gasteiger partial charge in [-0.1, -0.05) is 267 Å². The Morgan fingerprint density at radius 2 is 0.384 bits per heavy atom. The van der Waals surface area contributed by atoms with Crippen LogP contribution in [0.2, 0.25) is 0 Å². The Morgan fingerprint density at radius 3 is 0.632 bits per heavy atom. The quantitative estimate of drug-likeness (QED) is 0.0425. The Kier molecular flexibility index (Phi) is 25.6. The summed E-state index contributed by atoms with van der Waals surface area (Å²) in [6.45, 7) is 0. The predicted octanol–water partition coefficient (Wildman–Crippen LogP) is 30.6. The molecule has 13 nitrogen and oxygen atoms in total. The lowest BCUT2D eigenvalue weighted by Gasteiger charge is -2.27. The molecule has 0 atom stereocenters. The maximum Gasteiger partial charge on any atom is 0.271 e. The van der Waals surface area contributed by atoms with E-state index in [0.717, 1.165) is 136 Å². The predicted molar refractivity (Wildman–Crippen MR) is 519 cm³/mol. The number of rotatable bonds is 24. The van der Waals surface area contributed by atoms with Crippen LogP contribution in [0.5, 0.6) is 5.75 Å². The highest BCUT2D eigenvalue weighted by atomic mass is 16.6. The molecule has 608 valence electrons. The molecule has 18 aromatic rings. The van der Waals surface area contributed by atoms with Crippen LogP contribution in [0, 0.1) is 20.2 Å². The Hall–Kier alpha value is -16.6. The zero-order chi connectivity index (χ0) is 85.8. The summed E-state index contributed by atoms with van der Waals surface area (Å²) in [7, 11) is 7.65. The fraction of sp³-hybridized carbons (Fsp3) is 0.0357. The molecule has 0 saturated carbocycles. The van der Waals surface area contributed by atoms with E-state index in [4.69, 9.17) is 4.74 Å². The molecule has 0 aliphatic rings. The first-order valence-corrected chi connectivity index (χ1v) is 41.3. The molecule has 0 heterocycles. The van der Waals surface area contributed by atoms with Crippen molar-refractivity contribution in [3.8, 4) is 72.5 Å². The van der Waals surface area contributed by atoms with E-state index in [9.17, 15) is 20.2 Å². The SMILES string of the molecule is CN(c1ccc(N(c2cccc(-c3ccccc3)c2)c2cccc(-c3ccccc3)c2)cc1)c1ccc([N+](=O)[O-])cc1.CN(c1ccc(N(c2cccc(-c3ccccc3)c2)c2cccc(-c3ccccc3)c2)cc1)c1cccc([N+](=O)[O-])c1.COc1cccc(N(C)c2ccc(N(c3cccc(-c4ccccc4)c3)c3cccc(-c4ccccc4)c3)cc2)c1. The maximum atomic E-state index is 11.3. The van der Waals surface area contributed by atoms with Gasteiger partial charge in [-0.2, -0.15) is 0 Å². The third kappa shape index (κ3) is 19.8. The van der Waals surface area contributed by atoms with Gasteiger partial charge in [0.25, 0.3) is 11.4 Å². The highest BCUT2D eigenvalue weighted by Gasteiger charge is 2.22. The molecule has 0 aliphatic heterocycles. The van der Waals surface area contributed by atoms with Gasteiger partial charge in [0.15, 0.2) is 0 Å². The van der Waals surface area contributed by atoms with Crippen LogP contribution >= 0.6 is 0 Å². The number of nitrogens with zero attached hydrogens (tertiary/aromatic N) is 8. The lowest BCUT2D eigenvalue weighted by atomic mass is 10.0. The number of methoxy groups -OCH3 is 1. The van der Waals surface area contributed by atoms with Gasteiger partial charge in [-0.3, -0.25) is 20.2 Å². The number of nitro benzene ring substituents is 2. The van der Waals surface area contributed by atoms with Gasteiger partial charge in [-0.05, 0) is 243 Å². The van der Waals surface area contributed by atoms with Gasteiger partial charge >= 0.3 is 0 Å². The van der Waals surface area contributed by atoms with E-state index in [1.807, 2.05) is 84.6 Å². The molecule has 18 rings (SSSR count). The van der Waals surface area contributed by atoms with Crippen molar-refractivity contribution in [3.63, 3.8) is 0 Å². The molecular weight excluding hydrogens is 1540 g/mol. The first-order valence-electron chi connectivity index (χ1n) is 41.3. The summed E-state index contributed by atoms with van der Waals surface area (Å²) in [5.74, 6) is 0.841. The van der Waals surface area contributed by atoms with Crippen molar-refractivity contribution in [2.75, 3.05) is 57.7 Å². The van der Waals surface area contributed by atoms with Crippen molar-refractivity contribution < 1.29 is 14.6 Å². The molecule has 0 radical (unpaired) electrons. The first kappa shape index (κ1) is 82.1. The van der Waals surface area contributed by atoms with E-state index in [0.29, 0.717) is 0 Å². The van der Waals surface area contributed by atoms with Crippen molar-refractivity contribution in [1.82, 2.24) is 0 Å². The van der Waals surface area contributed by atoms with Crippen LogP contribution in [0.1, 0.15) is 0 Å². The van der Waals surface area contributed by atoms with Crippen LogP contribution in [0.25, 0.3) is 66.8 Å². The van der Waals surface area contributed by atoms with Gasteiger partial charge in [0.05, 0.1) is 17.0 Å². The van der Waals surface area contributed by atoms with E-state index >= 15 is 0 Å². The summed E-state index contributed by atoms with van der Waals surface area (Å²) in [5.41, 5.74) is 29.3. The molecule has 18 aromatic carbocycles. The largest absolute Gasteiger partial charge is 0.497 e. The summed E-state index contributed by atoms with van der Waals surface area (Å²) < 4.78 is 5.44. The lowest BCUT2D eigenvalue weighted by Crippen LogP contribution is -2.12. The van der Waals surface area contributed by atoms with Crippen molar-refractivity contribution >= 4 is 96.7 Å². The minimum Gasteiger partial charge on any atom is -0.497 e. The minimum absolute atomic E-state index is 0.0683. The van der Waals surface area contributed by atoms with Gasteiger partial charge in [-0.25, -0.2) is 0 Å². The average molecular weight is 1630 g/mol. The Morgan fingerprint density at radius 1 is 0.184 bits per heavy atom. The molecule has 0 amide bonds. The van der Waals surface area contributed by atoms with Gasteiger partial charge in [0.1, 0.15) is 5.75 Å². The van der Waals surface area contributed by atoms with Gasteiger partial charge in [0.2, 0.25) is 0 Å². The average Bonchev–Trinajstić information content (AvgIpc) is 0.793. The fourth-order valence-electron chi connectivity index (χ4n) is 15.4. The first-order chi connectivity index (χ1) is 61.3. The summed E-state index contributed by atoms with van der Waals surface area (Å²) in [5, 5.41) is 22.4. The number of non-ortho nitro benzene ring substituents is 2. The van der Waals surface area contributed by atoms with Crippen LogP contribution in [-0.2, 0) is 0 Å². The zero-order valence-electron chi connectivity index (χ0n) is 69.7. The van der Waals surface area contributed by atoms with E-state index in [1.165, 1.54) is 40.5 Å². The second kappa shape index (κ2) is 39.0. The molecule has 0 fully saturated rings. The number of hydrogen-bond donors (Lipinski definition) is 0. The van der Waals surface area contributed by atoms with Crippen molar-refractivity contribution in [2.45, 2.75) is 0 Å². The fourth-order valence-corrected chi connectivity index (χ4v) is 15.4. The standard InChI is InChI=1S/C38H32N2O.2C37H29N3O2/c1-39(35-18-11-21-38(28-35)41-2)33-22-24-34(25-23-33)40(36-19-9-16-31(26-36)29-12-5-3-6-13-29)37-20-10-17-32(27-37)30-14-7-4-8-15-30;1-38(34-17-10-20-37(27-34)40(41)42)32-21-23-33(24-22-32)39(35-18-8-15-30(25-35)28-11-4-2-5-12-28)36-19-9-16-31(26-36)29-13-6-3-7-14-29;1-38(33-20-24-35(25-21-33)40(41)42)32-18-22-34(23-19-32)39(36-16-8-14-30(26-36)28-10-4-2-5-11-28)37-17-9-15-31(27-37)29-12-6-3-7-13-29/h3-28H,1-2H3;2*2-27H,1H3. The van der Waals surface area contributed by atoms with Crippen LogP contribution in [0.15, 0.2) is 473 Å².